The van der Waals surface area contributed by atoms with Crippen molar-refractivity contribution < 1.29 is 12.3 Å². The highest BCUT2D eigenvalue weighted by Crippen LogP contribution is 2.12. The van der Waals surface area contributed by atoms with Crippen LogP contribution in [-0.4, -0.2) is 19.4 Å². The van der Waals surface area contributed by atoms with Crippen LogP contribution >= 0.6 is 12.6 Å². The number of allylic oxidation sites excluding steroid dienone is 4. The summed E-state index contributed by atoms with van der Waals surface area (Å²) in [7, 11) is -4.41. The van der Waals surface area contributed by atoms with Gasteiger partial charge in [-0.3, -0.25) is 0 Å². The second-order valence-corrected chi connectivity index (χ2v) is 6.61. The molecule has 0 fully saturated rings. The molecular formula is C12H21FO2S2. The second kappa shape index (κ2) is 7.93. The molecule has 0 aromatic rings. The lowest BCUT2D eigenvalue weighted by Crippen LogP contribution is -2.11. The molecule has 0 radical (unpaired) electrons. The van der Waals surface area contributed by atoms with Crippen molar-refractivity contribution in [3.63, 3.8) is 0 Å². The molecule has 5 heteroatoms. The smallest absolute Gasteiger partial charge is 0.195 e. The summed E-state index contributed by atoms with van der Waals surface area (Å²) in [5.74, 6) is -0.520. The Morgan fingerprint density at radius 2 is 1.88 bits per heavy atom. The molecule has 0 aliphatic rings. The van der Waals surface area contributed by atoms with Gasteiger partial charge in [-0.05, 0) is 40.0 Å². The molecule has 0 heterocycles. The average molecular weight is 280 g/mol. The van der Waals surface area contributed by atoms with Gasteiger partial charge in [0, 0.05) is 5.25 Å². The number of hydrogen-bond donors (Lipinski definition) is 1. The van der Waals surface area contributed by atoms with E-state index in [1.54, 1.807) is 0 Å². The number of thiol groups is 1. The first kappa shape index (κ1) is 16.7. The second-order valence-electron chi connectivity index (χ2n) is 4.47. The minimum Gasteiger partial charge on any atom is -0.195 e. The molecule has 0 spiro atoms. The van der Waals surface area contributed by atoms with Gasteiger partial charge in [-0.25, -0.2) is 0 Å². The monoisotopic (exact) mass is 280 g/mol. The molecule has 0 saturated heterocycles. The molecule has 0 saturated carbocycles. The predicted octanol–water partition coefficient (Wildman–Crippen LogP) is 3.67. The van der Waals surface area contributed by atoms with Gasteiger partial charge in [-0.2, -0.15) is 21.0 Å². The van der Waals surface area contributed by atoms with Gasteiger partial charge < -0.3 is 0 Å². The van der Waals surface area contributed by atoms with Crippen LogP contribution in [0.1, 0.15) is 40.0 Å². The third kappa shape index (κ3) is 12.0. The Bertz CT molecular complexity index is 379. The first-order valence-electron chi connectivity index (χ1n) is 5.60. The van der Waals surface area contributed by atoms with Crippen LogP contribution in [-0.2, 0) is 10.2 Å². The Kier molecular flexibility index (Phi) is 7.79. The number of hydrogen-bond acceptors (Lipinski definition) is 3. The van der Waals surface area contributed by atoms with Crippen LogP contribution in [0.25, 0.3) is 0 Å². The summed E-state index contributed by atoms with van der Waals surface area (Å²) in [5.41, 5.74) is 2.46. The van der Waals surface area contributed by atoms with Crippen LogP contribution in [0.4, 0.5) is 3.89 Å². The van der Waals surface area contributed by atoms with Crippen LogP contribution in [0, 0.1) is 0 Å². The van der Waals surface area contributed by atoms with E-state index < -0.39 is 21.2 Å². The lowest BCUT2D eigenvalue weighted by Gasteiger charge is -2.05. The molecule has 0 aromatic heterocycles. The maximum absolute atomic E-state index is 12.4. The molecule has 1 unspecified atom stereocenters. The Labute approximate surface area is 110 Å². The summed E-state index contributed by atoms with van der Waals surface area (Å²) in [6.45, 7) is 6.09. The molecule has 17 heavy (non-hydrogen) atoms. The van der Waals surface area contributed by atoms with Gasteiger partial charge in [-0.1, -0.05) is 23.3 Å². The SMILES string of the molecule is CC(C)=CCC/C(C)=C/CC(S)CS(=O)(=O)F. The largest absolute Gasteiger partial charge is 0.303 e. The van der Waals surface area contributed by atoms with Crippen LogP contribution in [0.3, 0.4) is 0 Å². The van der Waals surface area contributed by atoms with Gasteiger partial charge in [0.15, 0.2) is 0 Å². The summed E-state index contributed by atoms with van der Waals surface area (Å²) >= 11 is 4.05. The topological polar surface area (TPSA) is 34.1 Å². The Morgan fingerprint density at radius 3 is 2.35 bits per heavy atom. The zero-order chi connectivity index (χ0) is 13.5. The fraction of sp³-hybridized carbons (Fsp3) is 0.667. The highest BCUT2D eigenvalue weighted by Gasteiger charge is 2.13. The number of rotatable bonds is 7. The molecule has 0 bridgehead atoms. The van der Waals surface area contributed by atoms with E-state index in [0.29, 0.717) is 6.42 Å². The molecule has 100 valence electrons. The molecule has 0 aromatic carbocycles. The van der Waals surface area contributed by atoms with Crippen molar-refractivity contribution in [2.75, 3.05) is 5.75 Å². The van der Waals surface area contributed by atoms with Crippen molar-refractivity contribution in [1.82, 2.24) is 0 Å². The zero-order valence-corrected chi connectivity index (χ0v) is 12.3. The zero-order valence-electron chi connectivity index (χ0n) is 10.6. The Morgan fingerprint density at radius 1 is 1.29 bits per heavy atom. The fourth-order valence-corrected chi connectivity index (χ4v) is 2.56. The molecular weight excluding hydrogens is 259 g/mol. The Hall–Kier alpha value is -0.290. The van der Waals surface area contributed by atoms with E-state index in [4.69, 9.17) is 0 Å². The van der Waals surface area contributed by atoms with Crippen molar-refractivity contribution in [1.29, 1.82) is 0 Å². The lowest BCUT2D eigenvalue weighted by molar-refractivity contribution is 0.550. The van der Waals surface area contributed by atoms with E-state index in [2.05, 4.69) is 32.6 Å². The van der Waals surface area contributed by atoms with E-state index in [-0.39, 0.29) is 0 Å². The van der Waals surface area contributed by atoms with E-state index in [1.807, 2.05) is 13.0 Å². The van der Waals surface area contributed by atoms with E-state index in [1.165, 1.54) is 11.1 Å². The highest BCUT2D eigenvalue weighted by molar-refractivity contribution is 7.88. The molecule has 0 aliphatic heterocycles. The minimum absolute atomic E-state index is 0.469. The van der Waals surface area contributed by atoms with Crippen molar-refractivity contribution in [3.05, 3.63) is 23.3 Å². The fourth-order valence-electron chi connectivity index (χ4n) is 1.33. The van der Waals surface area contributed by atoms with Crippen molar-refractivity contribution in [2.45, 2.75) is 45.3 Å². The summed E-state index contributed by atoms with van der Waals surface area (Å²) in [4.78, 5) is 0. The van der Waals surface area contributed by atoms with Gasteiger partial charge in [0.1, 0.15) is 0 Å². The molecule has 0 N–H and O–H groups in total. The van der Waals surface area contributed by atoms with Crippen molar-refractivity contribution >= 4 is 22.9 Å². The van der Waals surface area contributed by atoms with Gasteiger partial charge in [0.25, 0.3) is 0 Å². The van der Waals surface area contributed by atoms with Crippen molar-refractivity contribution in [2.24, 2.45) is 0 Å². The molecule has 2 nitrogen and oxygen atoms in total. The summed E-state index contributed by atoms with van der Waals surface area (Å²) in [6.07, 6.45) is 6.48. The van der Waals surface area contributed by atoms with Gasteiger partial charge in [0.2, 0.25) is 0 Å². The standard InChI is InChI=1S/C12H21FO2S2/c1-10(2)5-4-6-11(3)7-8-12(16)9-17(13,14)15/h5,7,12,16H,4,6,8-9H2,1-3H3/b11-7+. The minimum atomic E-state index is -4.41. The van der Waals surface area contributed by atoms with Gasteiger partial charge >= 0.3 is 10.2 Å². The average Bonchev–Trinajstić information content (AvgIpc) is 2.11. The normalized spacial score (nSPS) is 14.5. The highest BCUT2D eigenvalue weighted by atomic mass is 32.3. The summed E-state index contributed by atoms with van der Waals surface area (Å²) in [6, 6.07) is 0. The molecule has 0 aliphatic carbocycles. The summed E-state index contributed by atoms with van der Waals surface area (Å²) < 4.78 is 33.1. The maximum atomic E-state index is 12.4. The first-order valence-corrected chi connectivity index (χ1v) is 7.67. The maximum Gasteiger partial charge on any atom is 0.303 e. The van der Waals surface area contributed by atoms with Crippen molar-refractivity contribution in [3.8, 4) is 0 Å². The van der Waals surface area contributed by atoms with Crippen LogP contribution in [0.2, 0.25) is 0 Å². The van der Waals surface area contributed by atoms with Gasteiger partial charge in [-0.15, -0.1) is 3.89 Å². The molecule has 0 rings (SSSR count). The van der Waals surface area contributed by atoms with Crippen LogP contribution in [0.15, 0.2) is 23.3 Å². The third-order valence-electron chi connectivity index (χ3n) is 2.22. The number of halogens is 1. The van der Waals surface area contributed by atoms with E-state index in [9.17, 15) is 12.3 Å². The van der Waals surface area contributed by atoms with Crippen LogP contribution in [0.5, 0.6) is 0 Å². The lowest BCUT2D eigenvalue weighted by atomic mass is 10.1. The molecule has 0 amide bonds. The van der Waals surface area contributed by atoms with Crippen LogP contribution < -0.4 is 0 Å². The van der Waals surface area contributed by atoms with E-state index >= 15 is 0 Å². The van der Waals surface area contributed by atoms with Gasteiger partial charge in [0.05, 0.1) is 5.75 Å². The molecule has 1 atom stereocenters. The summed E-state index contributed by atoms with van der Waals surface area (Å²) in [5, 5.41) is -0.469. The first-order chi connectivity index (χ1) is 7.70. The third-order valence-corrected chi connectivity index (χ3v) is 3.66. The Balaban J connectivity index is 4.02. The predicted molar refractivity (Wildman–Crippen MR) is 74.7 cm³/mol. The quantitative estimate of drug-likeness (QED) is 0.438. The van der Waals surface area contributed by atoms with E-state index in [0.717, 1.165) is 12.8 Å².